The molecule has 0 radical (unpaired) electrons. The number of rotatable bonds is 6. The number of aromatic nitrogens is 1. The highest BCUT2D eigenvalue weighted by Gasteiger charge is 2.35. The quantitative estimate of drug-likeness (QED) is 0.485. The van der Waals surface area contributed by atoms with Crippen LogP contribution < -0.4 is 10.1 Å². The molecule has 2 aromatic carbocycles. The Morgan fingerprint density at radius 1 is 1.13 bits per heavy atom. The fraction of sp³-hybridized carbons (Fsp3) is 0.250. The number of nitrogens with one attached hydrogen (secondary N) is 1. The topological polar surface area (TPSA) is 51.2 Å². The molecule has 0 saturated heterocycles. The van der Waals surface area contributed by atoms with E-state index in [4.69, 9.17) is 4.74 Å². The maximum Gasteiger partial charge on any atom is 0.418 e. The van der Waals surface area contributed by atoms with Gasteiger partial charge in [-0.2, -0.15) is 13.2 Å². The van der Waals surface area contributed by atoms with Crippen LogP contribution in [-0.2, 0) is 6.18 Å². The average Bonchev–Trinajstić information content (AvgIpc) is 2.78. The van der Waals surface area contributed by atoms with Crippen LogP contribution in [0.5, 0.6) is 5.75 Å². The molecule has 7 heteroatoms. The van der Waals surface area contributed by atoms with Crippen molar-refractivity contribution in [2.24, 2.45) is 0 Å². The molecule has 31 heavy (non-hydrogen) atoms. The van der Waals surface area contributed by atoms with Crippen LogP contribution in [0.2, 0.25) is 0 Å². The minimum atomic E-state index is -4.56. The number of amides is 1. The minimum Gasteiger partial charge on any atom is -0.496 e. The van der Waals surface area contributed by atoms with E-state index in [9.17, 15) is 18.0 Å². The lowest BCUT2D eigenvalue weighted by Gasteiger charge is -2.15. The van der Waals surface area contributed by atoms with Crippen molar-refractivity contribution in [3.05, 3.63) is 77.5 Å². The van der Waals surface area contributed by atoms with Crippen molar-refractivity contribution in [2.75, 3.05) is 12.4 Å². The molecule has 1 N–H and O–H groups in total. The summed E-state index contributed by atoms with van der Waals surface area (Å²) in [5.41, 5.74) is 1.11. The molecule has 1 atom stereocenters. The average molecular weight is 428 g/mol. The number of methoxy groups -OCH3 is 1. The number of anilines is 1. The van der Waals surface area contributed by atoms with E-state index in [0.717, 1.165) is 12.5 Å². The Balaban J connectivity index is 1.88. The molecule has 0 bridgehead atoms. The van der Waals surface area contributed by atoms with Crippen molar-refractivity contribution >= 4 is 11.6 Å². The maximum atomic E-state index is 13.4. The van der Waals surface area contributed by atoms with Gasteiger partial charge in [0.25, 0.3) is 5.91 Å². The van der Waals surface area contributed by atoms with Crippen molar-refractivity contribution in [1.82, 2.24) is 4.98 Å². The SMILES string of the molecule is CCC(C)c1ccc(NC(=O)c2ccc(-c3ncccc3C(F)(F)F)c(OC)c2)cc1. The number of halogens is 3. The minimum absolute atomic E-state index is 0.129. The first-order chi connectivity index (χ1) is 14.7. The number of alkyl halides is 3. The van der Waals surface area contributed by atoms with E-state index in [1.54, 1.807) is 0 Å². The summed E-state index contributed by atoms with van der Waals surface area (Å²) in [4.78, 5) is 16.6. The molecule has 0 aliphatic rings. The Kier molecular flexibility index (Phi) is 6.63. The molecule has 3 aromatic rings. The highest BCUT2D eigenvalue weighted by molar-refractivity contribution is 6.05. The lowest BCUT2D eigenvalue weighted by molar-refractivity contribution is -0.137. The first-order valence-electron chi connectivity index (χ1n) is 9.86. The smallest absolute Gasteiger partial charge is 0.418 e. The Morgan fingerprint density at radius 2 is 1.84 bits per heavy atom. The normalized spacial score (nSPS) is 12.3. The number of hydrogen-bond donors (Lipinski definition) is 1. The number of carbonyl (C=O) groups excluding carboxylic acids is 1. The molecular formula is C24H23F3N2O2. The summed E-state index contributed by atoms with van der Waals surface area (Å²) >= 11 is 0. The maximum absolute atomic E-state index is 13.4. The summed E-state index contributed by atoms with van der Waals surface area (Å²) in [7, 11) is 1.34. The molecule has 4 nitrogen and oxygen atoms in total. The molecule has 162 valence electrons. The van der Waals surface area contributed by atoms with Crippen LogP contribution in [0.15, 0.2) is 60.8 Å². The second kappa shape index (κ2) is 9.20. The van der Waals surface area contributed by atoms with Crippen LogP contribution >= 0.6 is 0 Å². The number of hydrogen-bond acceptors (Lipinski definition) is 3. The number of pyridine rings is 1. The van der Waals surface area contributed by atoms with Crippen molar-refractivity contribution < 1.29 is 22.7 Å². The van der Waals surface area contributed by atoms with Gasteiger partial charge in [0.05, 0.1) is 18.4 Å². The molecule has 1 aromatic heterocycles. The number of nitrogens with zero attached hydrogens (tertiary/aromatic N) is 1. The second-order valence-corrected chi connectivity index (χ2v) is 7.20. The molecule has 1 unspecified atom stereocenters. The molecule has 3 rings (SSSR count). The third-order valence-electron chi connectivity index (χ3n) is 5.18. The molecule has 0 aliphatic heterocycles. The van der Waals surface area contributed by atoms with Gasteiger partial charge in [0.15, 0.2) is 0 Å². The molecule has 0 aliphatic carbocycles. The highest BCUT2D eigenvalue weighted by Crippen LogP contribution is 2.39. The third-order valence-corrected chi connectivity index (χ3v) is 5.18. The van der Waals surface area contributed by atoms with Crippen molar-refractivity contribution in [3.8, 4) is 17.0 Å². The summed E-state index contributed by atoms with van der Waals surface area (Å²) < 4.78 is 45.4. The van der Waals surface area contributed by atoms with Crippen molar-refractivity contribution in [1.29, 1.82) is 0 Å². The van der Waals surface area contributed by atoms with Gasteiger partial charge in [0, 0.05) is 23.0 Å². The van der Waals surface area contributed by atoms with Crippen LogP contribution in [0.1, 0.15) is 47.7 Å². The largest absolute Gasteiger partial charge is 0.496 e. The summed E-state index contributed by atoms with van der Waals surface area (Å²) in [6.07, 6.45) is -2.26. The van der Waals surface area contributed by atoms with Gasteiger partial charge in [-0.05, 0) is 60.4 Å². The highest BCUT2D eigenvalue weighted by atomic mass is 19.4. The molecule has 0 saturated carbocycles. The van der Waals surface area contributed by atoms with Crippen LogP contribution in [0.3, 0.4) is 0 Å². The van der Waals surface area contributed by atoms with E-state index in [-0.39, 0.29) is 22.6 Å². The van der Waals surface area contributed by atoms with Crippen LogP contribution in [-0.4, -0.2) is 18.0 Å². The molecule has 0 spiro atoms. The summed E-state index contributed by atoms with van der Waals surface area (Å²) in [5, 5.41) is 2.80. The van der Waals surface area contributed by atoms with Crippen LogP contribution in [0.25, 0.3) is 11.3 Å². The number of ether oxygens (including phenoxy) is 1. The van der Waals surface area contributed by atoms with Gasteiger partial charge in [-0.15, -0.1) is 0 Å². The summed E-state index contributed by atoms with van der Waals surface area (Å²) in [5.74, 6) is 0.164. The van der Waals surface area contributed by atoms with Crippen molar-refractivity contribution in [3.63, 3.8) is 0 Å². The van der Waals surface area contributed by atoms with E-state index in [1.807, 2.05) is 24.3 Å². The first-order valence-corrected chi connectivity index (χ1v) is 9.86. The van der Waals surface area contributed by atoms with E-state index in [1.165, 1.54) is 43.1 Å². The Bertz CT molecular complexity index is 1060. The summed E-state index contributed by atoms with van der Waals surface area (Å²) in [6, 6.07) is 14.1. The Hall–Kier alpha value is -3.35. The van der Waals surface area contributed by atoms with Gasteiger partial charge in [0.1, 0.15) is 5.75 Å². The van der Waals surface area contributed by atoms with Gasteiger partial charge in [0.2, 0.25) is 0 Å². The van der Waals surface area contributed by atoms with Crippen LogP contribution in [0, 0.1) is 0 Å². The molecule has 0 fully saturated rings. The van der Waals surface area contributed by atoms with Gasteiger partial charge in [-0.1, -0.05) is 26.0 Å². The zero-order chi connectivity index (χ0) is 22.6. The molecule has 1 heterocycles. The standard InChI is InChI=1S/C24H23F3N2O2/c1-4-15(2)16-7-10-18(11-8-16)29-23(30)17-9-12-19(21(14-17)31-3)22-20(24(25,26)27)6-5-13-28-22/h5-15H,4H2,1-3H3,(H,29,30). The summed E-state index contributed by atoms with van der Waals surface area (Å²) in [6.45, 7) is 4.24. The predicted octanol–water partition coefficient (Wildman–Crippen LogP) is 6.54. The second-order valence-electron chi connectivity index (χ2n) is 7.20. The zero-order valence-electron chi connectivity index (χ0n) is 17.5. The third kappa shape index (κ3) is 5.05. The fourth-order valence-electron chi connectivity index (χ4n) is 3.21. The number of benzene rings is 2. The van der Waals surface area contributed by atoms with E-state index in [0.29, 0.717) is 11.6 Å². The van der Waals surface area contributed by atoms with Gasteiger partial charge < -0.3 is 10.1 Å². The Labute approximate surface area is 179 Å². The number of carbonyl (C=O) groups is 1. The zero-order valence-corrected chi connectivity index (χ0v) is 17.5. The van der Waals surface area contributed by atoms with Crippen molar-refractivity contribution in [2.45, 2.75) is 32.4 Å². The molecule has 1 amide bonds. The van der Waals surface area contributed by atoms with Gasteiger partial charge in [-0.25, -0.2) is 0 Å². The molecular weight excluding hydrogens is 405 g/mol. The van der Waals surface area contributed by atoms with Gasteiger partial charge >= 0.3 is 6.18 Å². The van der Waals surface area contributed by atoms with Gasteiger partial charge in [-0.3, -0.25) is 9.78 Å². The fourth-order valence-corrected chi connectivity index (χ4v) is 3.21. The van der Waals surface area contributed by atoms with E-state index in [2.05, 4.69) is 24.1 Å². The predicted molar refractivity (Wildman–Crippen MR) is 114 cm³/mol. The van der Waals surface area contributed by atoms with E-state index >= 15 is 0 Å². The first kappa shape index (κ1) is 22.3. The lowest BCUT2D eigenvalue weighted by atomic mass is 9.98. The van der Waals surface area contributed by atoms with E-state index < -0.39 is 17.6 Å². The van der Waals surface area contributed by atoms with Crippen LogP contribution in [0.4, 0.5) is 18.9 Å². The lowest BCUT2D eigenvalue weighted by Crippen LogP contribution is -2.12. The Morgan fingerprint density at radius 3 is 2.45 bits per heavy atom. The monoisotopic (exact) mass is 428 g/mol.